The Bertz CT molecular complexity index is 1280. The number of ether oxygens (including phenoxy) is 2. The first-order valence-corrected chi connectivity index (χ1v) is 14.0. The van der Waals surface area contributed by atoms with E-state index >= 15 is 0 Å². The van der Waals surface area contributed by atoms with Crippen LogP contribution in [0, 0.1) is 25.7 Å². The van der Waals surface area contributed by atoms with Gasteiger partial charge >= 0.3 is 5.97 Å². The van der Waals surface area contributed by atoms with Gasteiger partial charge in [0, 0.05) is 36.1 Å². The topological polar surface area (TPSA) is 55.8 Å². The van der Waals surface area contributed by atoms with E-state index in [0.29, 0.717) is 29.5 Å². The Kier molecular flexibility index (Phi) is 9.14. The third-order valence-electron chi connectivity index (χ3n) is 7.37. The van der Waals surface area contributed by atoms with E-state index in [9.17, 15) is 9.59 Å². The maximum atomic E-state index is 13.7. The second-order valence-electron chi connectivity index (χ2n) is 11.0. The van der Waals surface area contributed by atoms with Gasteiger partial charge in [-0.1, -0.05) is 54.1 Å². The molecule has 6 heteroatoms. The molecule has 4 rings (SSSR count). The summed E-state index contributed by atoms with van der Waals surface area (Å²) in [6.45, 7) is 11.9. The highest BCUT2D eigenvalue weighted by atomic mass is 35.5. The Morgan fingerprint density at radius 1 is 0.949 bits per heavy atom. The summed E-state index contributed by atoms with van der Waals surface area (Å²) in [5.41, 5.74) is 3.93. The number of likely N-dealkylation sites (tertiary alicyclic amines) is 1. The summed E-state index contributed by atoms with van der Waals surface area (Å²) >= 11 is 6.09. The first-order valence-electron chi connectivity index (χ1n) is 13.6. The number of carbonyl (C=O) groups is 2. The number of carbonyl (C=O) groups excluding carboxylic acids is 2. The van der Waals surface area contributed by atoms with Crippen LogP contribution in [0.25, 0.3) is 0 Å². The fraction of sp³-hybridized carbons (Fsp3) is 0.394. The number of nitrogens with zero attached hydrogens (tertiary/aromatic N) is 1. The standard InChI is InChI=1S/C33H38ClNO4/c1-6-38-32(37)33(4,5)39-31-22(2)16-25(17-23(31)3)18-27-20-35(19-24-10-8-7-9-11-24)21-29(27)30(36)26-12-14-28(34)15-13-26/h7-17,27,29H,6,18-21H2,1-5H3. The van der Waals surface area contributed by atoms with Crippen molar-refractivity contribution in [2.45, 2.75) is 53.2 Å². The number of hydrogen-bond donors (Lipinski definition) is 0. The summed E-state index contributed by atoms with van der Waals surface area (Å²) < 4.78 is 11.4. The molecule has 0 spiro atoms. The zero-order valence-electron chi connectivity index (χ0n) is 23.5. The lowest BCUT2D eigenvalue weighted by Gasteiger charge is -2.27. The predicted molar refractivity (Wildman–Crippen MR) is 155 cm³/mol. The molecule has 1 aliphatic rings. The maximum absolute atomic E-state index is 13.7. The molecule has 3 aromatic carbocycles. The molecule has 1 fully saturated rings. The third kappa shape index (κ3) is 7.09. The molecule has 206 valence electrons. The first kappa shape index (κ1) is 28.8. The van der Waals surface area contributed by atoms with E-state index in [2.05, 4.69) is 41.3 Å². The predicted octanol–water partition coefficient (Wildman–Crippen LogP) is 6.85. The SMILES string of the molecule is CCOC(=O)C(C)(C)Oc1c(C)cc(CC2CN(Cc3ccccc3)CC2C(=O)c2ccc(Cl)cc2)cc1C. The van der Waals surface area contributed by atoms with E-state index in [0.717, 1.165) is 36.2 Å². The van der Waals surface area contributed by atoms with Crippen molar-refractivity contribution >= 4 is 23.4 Å². The lowest BCUT2D eigenvalue weighted by atomic mass is 9.84. The first-order chi connectivity index (χ1) is 18.6. The average molecular weight is 548 g/mol. The average Bonchev–Trinajstić information content (AvgIpc) is 3.28. The lowest BCUT2D eigenvalue weighted by molar-refractivity contribution is -0.158. The van der Waals surface area contributed by atoms with Crippen LogP contribution in [0.15, 0.2) is 66.7 Å². The highest BCUT2D eigenvalue weighted by Gasteiger charge is 2.38. The molecule has 3 aromatic rings. The molecule has 2 unspecified atom stereocenters. The van der Waals surface area contributed by atoms with Crippen molar-refractivity contribution in [2.75, 3.05) is 19.7 Å². The smallest absolute Gasteiger partial charge is 0.349 e. The summed E-state index contributed by atoms with van der Waals surface area (Å²) in [7, 11) is 0. The van der Waals surface area contributed by atoms with Crippen molar-refractivity contribution in [3.63, 3.8) is 0 Å². The van der Waals surface area contributed by atoms with Crippen LogP contribution in [0.5, 0.6) is 5.75 Å². The summed E-state index contributed by atoms with van der Waals surface area (Å²) in [4.78, 5) is 28.5. The maximum Gasteiger partial charge on any atom is 0.349 e. The van der Waals surface area contributed by atoms with Crippen molar-refractivity contribution in [3.05, 3.63) is 99.6 Å². The molecule has 5 nitrogen and oxygen atoms in total. The van der Waals surface area contributed by atoms with Gasteiger partial charge in [0.1, 0.15) is 5.75 Å². The molecule has 0 bridgehead atoms. The quantitative estimate of drug-likeness (QED) is 0.205. The van der Waals surface area contributed by atoms with Crippen LogP contribution in [-0.4, -0.2) is 41.9 Å². The number of halogens is 1. The number of rotatable bonds is 10. The van der Waals surface area contributed by atoms with E-state index in [-0.39, 0.29) is 23.6 Å². The molecule has 0 radical (unpaired) electrons. The van der Waals surface area contributed by atoms with Crippen LogP contribution in [0.3, 0.4) is 0 Å². The van der Waals surface area contributed by atoms with Gasteiger partial charge in [-0.05, 0) is 93.5 Å². The molecular formula is C33H38ClNO4. The molecule has 1 aliphatic heterocycles. The highest BCUT2D eigenvalue weighted by molar-refractivity contribution is 6.30. The molecule has 0 aromatic heterocycles. The minimum absolute atomic E-state index is 0.117. The van der Waals surface area contributed by atoms with Crippen LogP contribution in [0.4, 0.5) is 0 Å². The van der Waals surface area contributed by atoms with E-state index < -0.39 is 5.60 Å². The van der Waals surface area contributed by atoms with Gasteiger partial charge in [-0.2, -0.15) is 0 Å². The van der Waals surface area contributed by atoms with E-state index in [4.69, 9.17) is 21.1 Å². The molecule has 0 amide bonds. The Hall–Kier alpha value is -3.15. The minimum atomic E-state index is -1.09. The van der Waals surface area contributed by atoms with E-state index in [1.807, 2.05) is 32.0 Å². The van der Waals surface area contributed by atoms with Gasteiger partial charge in [0.05, 0.1) is 6.61 Å². The van der Waals surface area contributed by atoms with Crippen LogP contribution >= 0.6 is 11.6 Å². The van der Waals surface area contributed by atoms with E-state index in [1.165, 1.54) is 5.56 Å². The van der Waals surface area contributed by atoms with Gasteiger partial charge in [-0.15, -0.1) is 0 Å². The zero-order chi connectivity index (χ0) is 28.2. The Morgan fingerprint density at radius 3 is 2.21 bits per heavy atom. The number of ketones is 1. The normalized spacial score (nSPS) is 17.7. The second-order valence-corrected chi connectivity index (χ2v) is 11.4. The van der Waals surface area contributed by atoms with Crippen molar-refractivity contribution in [1.82, 2.24) is 4.90 Å². The number of hydrogen-bond acceptors (Lipinski definition) is 5. The molecule has 39 heavy (non-hydrogen) atoms. The summed E-state index contributed by atoms with van der Waals surface area (Å²) in [6, 6.07) is 21.8. The fourth-order valence-corrected chi connectivity index (χ4v) is 5.61. The zero-order valence-corrected chi connectivity index (χ0v) is 24.3. The van der Waals surface area contributed by atoms with E-state index in [1.54, 1.807) is 32.9 Å². The monoisotopic (exact) mass is 547 g/mol. The van der Waals surface area contributed by atoms with Crippen molar-refractivity contribution in [3.8, 4) is 5.75 Å². The number of esters is 1. The van der Waals surface area contributed by atoms with Gasteiger partial charge in [0.25, 0.3) is 0 Å². The number of aryl methyl sites for hydroxylation is 2. The molecule has 0 saturated carbocycles. The van der Waals surface area contributed by atoms with Crippen molar-refractivity contribution in [2.24, 2.45) is 11.8 Å². The van der Waals surface area contributed by atoms with Crippen molar-refractivity contribution < 1.29 is 19.1 Å². The molecule has 1 saturated heterocycles. The molecule has 0 aliphatic carbocycles. The fourth-order valence-electron chi connectivity index (χ4n) is 5.49. The highest BCUT2D eigenvalue weighted by Crippen LogP contribution is 2.34. The summed E-state index contributed by atoms with van der Waals surface area (Å²) in [5, 5.41) is 0.625. The van der Waals surface area contributed by atoms with Crippen LogP contribution in [0.1, 0.15) is 53.4 Å². The van der Waals surface area contributed by atoms with Gasteiger partial charge in [-0.25, -0.2) is 4.79 Å². The largest absolute Gasteiger partial charge is 0.476 e. The number of benzene rings is 3. The third-order valence-corrected chi connectivity index (χ3v) is 7.63. The Labute approximate surface area is 237 Å². The Balaban J connectivity index is 1.56. The van der Waals surface area contributed by atoms with Gasteiger partial charge in [0.15, 0.2) is 11.4 Å². The van der Waals surface area contributed by atoms with Crippen LogP contribution in [0.2, 0.25) is 5.02 Å². The van der Waals surface area contributed by atoms with Gasteiger partial charge in [0.2, 0.25) is 0 Å². The Morgan fingerprint density at radius 2 is 1.59 bits per heavy atom. The van der Waals surface area contributed by atoms with Crippen LogP contribution in [-0.2, 0) is 22.5 Å². The van der Waals surface area contributed by atoms with Crippen LogP contribution < -0.4 is 4.74 Å². The lowest BCUT2D eigenvalue weighted by Crippen LogP contribution is -2.40. The summed E-state index contributed by atoms with van der Waals surface area (Å²) in [5.74, 6) is 0.521. The number of Topliss-reactive ketones (excluding diaryl/α,β-unsaturated/α-hetero) is 1. The van der Waals surface area contributed by atoms with Crippen molar-refractivity contribution in [1.29, 1.82) is 0 Å². The minimum Gasteiger partial charge on any atom is -0.476 e. The summed E-state index contributed by atoms with van der Waals surface area (Å²) in [6.07, 6.45) is 0.776. The van der Waals surface area contributed by atoms with Gasteiger partial charge in [-0.3, -0.25) is 9.69 Å². The molecular weight excluding hydrogens is 510 g/mol. The molecule has 2 atom stereocenters. The molecule has 1 heterocycles. The second kappa shape index (κ2) is 12.4. The van der Waals surface area contributed by atoms with Gasteiger partial charge < -0.3 is 9.47 Å². The molecule has 0 N–H and O–H groups in total.